The van der Waals surface area contributed by atoms with E-state index in [0.29, 0.717) is 30.2 Å². The number of rotatable bonds is 7. The molecule has 0 aromatic heterocycles. The summed E-state index contributed by atoms with van der Waals surface area (Å²) in [6, 6.07) is 3.74. The van der Waals surface area contributed by atoms with E-state index in [9.17, 15) is 0 Å². The summed E-state index contributed by atoms with van der Waals surface area (Å²) in [5.41, 5.74) is 6.69. The molecule has 0 amide bonds. The molecule has 0 spiro atoms. The average molecular weight is 255 g/mol. The lowest BCUT2D eigenvalue weighted by molar-refractivity contribution is 0.275. The number of aliphatic hydroxyl groups excluding tert-OH is 1. The highest BCUT2D eigenvalue weighted by atomic mass is 16.5. The Bertz CT molecular complexity index is 356. The van der Waals surface area contributed by atoms with Crippen LogP contribution in [0.4, 0.5) is 0 Å². The molecule has 1 unspecified atom stereocenters. The smallest absolute Gasteiger partial charge is 0.203 e. The molecular weight excluding hydrogens is 234 g/mol. The molecule has 5 nitrogen and oxygen atoms in total. The number of benzene rings is 1. The molecule has 1 atom stereocenters. The van der Waals surface area contributed by atoms with Gasteiger partial charge in [0.1, 0.15) is 0 Å². The van der Waals surface area contributed by atoms with Crippen molar-refractivity contribution in [2.24, 2.45) is 5.73 Å². The molecule has 1 aromatic carbocycles. The minimum Gasteiger partial charge on any atom is -0.493 e. The standard InChI is InChI=1S/C13H21NO4/c1-16-11-6-10(9(8-14)4-5-15)7-12(17-2)13(11)18-3/h6-7,9,15H,4-5,8,14H2,1-3H3. The van der Waals surface area contributed by atoms with Gasteiger partial charge in [0.2, 0.25) is 5.75 Å². The molecule has 0 fully saturated rings. The van der Waals surface area contributed by atoms with Gasteiger partial charge in [-0.15, -0.1) is 0 Å². The van der Waals surface area contributed by atoms with Crippen LogP contribution in [-0.4, -0.2) is 39.6 Å². The second-order valence-electron chi connectivity index (χ2n) is 3.90. The zero-order valence-electron chi connectivity index (χ0n) is 11.1. The first-order valence-electron chi connectivity index (χ1n) is 5.82. The molecule has 5 heteroatoms. The van der Waals surface area contributed by atoms with E-state index in [4.69, 9.17) is 25.1 Å². The largest absolute Gasteiger partial charge is 0.493 e. The van der Waals surface area contributed by atoms with Gasteiger partial charge in [0.05, 0.1) is 21.3 Å². The molecule has 102 valence electrons. The lowest BCUT2D eigenvalue weighted by Crippen LogP contribution is -2.14. The Hall–Kier alpha value is -1.46. The quantitative estimate of drug-likeness (QED) is 0.764. The van der Waals surface area contributed by atoms with Crippen LogP contribution in [0.1, 0.15) is 17.9 Å². The summed E-state index contributed by atoms with van der Waals surface area (Å²) in [5.74, 6) is 1.83. The molecule has 0 heterocycles. The fourth-order valence-corrected chi connectivity index (χ4v) is 1.91. The SMILES string of the molecule is COc1cc(C(CN)CCO)cc(OC)c1OC. The second kappa shape index (κ2) is 7.08. The maximum Gasteiger partial charge on any atom is 0.203 e. The van der Waals surface area contributed by atoms with E-state index in [0.717, 1.165) is 5.56 Å². The van der Waals surface area contributed by atoms with Crippen molar-refractivity contribution >= 4 is 0 Å². The molecule has 3 N–H and O–H groups in total. The van der Waals surface area contributed by atoms with Crippen LogP contribution in [0.15, 0.2) is 12.1 Å². The minimum atomic E-state index is 0.0729. The molecule has 1 rings (SSSR count). The molecule has 0 aliphatic rings. The Labute approximate surface area is 107 Å². The predicted molar refractivity (Wildman–Crippen MR) is 69.6 cm³/mol. The zero-order valence-corrected chi connectivity index (χ0v) is 11.1. The van der Waals surface area contributed by atoms with Gasteiger partial charge in [0.25, 0.3) is 0 Å². The van der Waals surface area contributed by atoms with Crippen LogP contribution in [0.5, 0.6) is 17.2 Å². The summed E-state index contributed by atoms with van der Waals surface area (Å²) in [4.78, 5) is 0. The van der Waals surface area contributed by atoms with Crippen LogP contribution >= 0.6 is 0 Å². The minimum absolute atomic E-state index is 0.0729. The maximum atomic E-state index is 9.04. The first-order chi connectivity index (χ1) is 8.71. The van der Waals surface area contributed by atoms with Crippen molar-refractivity contribution in [2.75, 3.05) is 34.5 Å². The Kier molecular flexibility index (Phi) is 5.74. The van der Waals surface area contributed by atoms with Gasteiger partial charge in [-0.1, -0.05) is 0 Å². The summed E-state index contributed by atoms with van der Waals surface area (Å²) < 4.78 is 15.8. The third-order valence-electron chi connectivity index (χ3n) is 2.92. The lowest BCUT2D eigenvalue weighted by Gasteiger charge is -2.18. The molecule has 0 radical (unpaired) electrons. The highest BCUT2D eigenvalue weighted by Gasteiger charge is 2.17. The number of methoxy groups -OCH3 is 3. The number of ether oxygens (including phenoxy) is 3. The summed E-state index contributed by atoms with van der Waals surface area (Å²) in [5, 5.41) is 9.04. The number of hydrogen-bond acceptors (Lipinski definition) is 5. The predicted octanol–water partition coefficient (Wildman–Crippen LogP) is 1.14. The van der Waals surface area contributed by atoms with E-state index in [1.165, 1.54) is 0 Å². The first-order valence-corrected chi connectivity index (χ1v) is 5.82. The van der Waals surface area contributed by atoms with Gasteiger partial charge in [0.15, 0.2) is 11.5 Å². The van der Waals surface area contributed by atoms with Gasteiger partial charge >= 0.3 is 0 Å². The third kappa shape index (κ3) is 3.05. The molecule has 0 bridgehead atoms. The highest BCUT2D eigenvalue weighted by Crippen LogP contribution is 2.40. The van der Waals surface area contributed by atoms with Gasteiger partial charge in [-0.2, -0.15) is 0 Å². The van der Waals surface area contributed by atoms with Gasteiger partial charge < -0.3 is 25.1 Å². The van der Waals surface area contributed by atoms with Crippen LogP contribution in [0.25, 0.3) is 0 Å². The van der Waals surface area contributed by atoms with E-state index in [-0.39, 0.29) is 12.5 Å². The second-order valence-corrected chi connectivity index (χ2v) is 3.90. The Morgan fingerprint density at radius 1 is 1.11 bits per heavy atom. The molecular formula is C13H21NO4. The van der Waals surface area contributed by atoms with Crippen LogP contribution < -0.4 is 19.9 Å². The van der Waals surface area contributed by atoms with Crippen LogP contribution in [0, 0.1) is 0 Å². The van der Waals surface area contributed by atoms with Crippen LogP contribution in [-0.2, 0) is 0 Å². The normalized spacial score (nSPS) is 12.1. The molecule has 1 aromatic rings. The van der Waals surface area contributed by atoms with Gasteiger partial charge in [0, 0.05) is 6.61 Å². The van der Waals surface area contributed by atoms with Crippen LogP contribution in [0.2, 0.25) is 0 Å². The maximum absolute atomic E-state index is 9.04. The Morgan fingerprint density at radius 3 is 2.00 bits per heavy atom. The van der Waals surface area contributed by atoms with Crippen molar-refractivity contribution in [1.29, 1.82) is 0 Å². The van der Waals surface area contributed by atoms with Crippen molar-refractivity contribution in [3.63, 3.8) is 0 Å². The van der Waals surface area contributed by atoms with Crippen molar-refractivity contribution < 1.29 is 19.3 Å². The van der Waals surface area contributed by atoms with Gasteiger partial charge in [-0.05, 0) is 36.6 Å². The van der Waals surface area contributed by atoms with E-state index in [2.05, 4.69) is 0 Å². The molecule has 0 saturated heterocycles. The van der Waals surface area contributed by atoms with E-state index in [1.54, 1.807) is 21.3 Å². The summed E-state index contributed by atoms with van der Waals surface area (Å²) in [6.07, 6.45) is 0.606. The monoisotopic (exact) mass is 255 g/mol. The summed E-state index contributed by atoms with van der Waals surface area (Å²) in [7, 11) is 4.71. The lowest BCUT2D eigenvalue weighted by atomic mass is 9.95. The number of hydrogen-bond donors (Lipinski definition) is 2. The van der Waals surface area contributed by atoms with E-state index in [1.807, 2.05) is 12.1 Å². The number of nitrogens with two attached hydrogens (primary N) is 1. The van der Waals surface area contributed by atoms with Gasteiger partial charge in [-0.3, -0.25) is 0 Å². The van der Waals surface area contributed by atoms with E-state index >= 15 is 0 Å². The summed E-state index contributed by atoms with van der Waals surface area (Å²) in [6.45, 7) is 0.553. The third-order valence-corrected chi connectivity index (χ3v) is 2.92. The average Bonchev–Trinajstić information content (AvgIpc) is 2.42. The fourth-order valence-electron chi connectivity index (χ4n) is 1.91. The van der Waals surface area contributed by atoms with Crippen molar-refractivity contribution in [3.8, 4) is 17.2 Å². The van der Waals surface area contributed by atoms with Crippen molar-refractivity contribution in [3.05, 3.63) is 17.7 Å². The molecule has 18 heavy (non-hydrogen) atoms. The number of aliphatic hydroxyl groups is 1. The molecule has 0 saturated carbocycles. The summed E-state index contributed by atoms with van der Waals surface area (Å²) >= 11 is 0. The fraction of sp³-hybridized carbons (Fsp3) is 0.538. The van der Waals surface area contributed by atoms with Gasteiger partial charge in [-0.25, -0.2) is 0 Å². The Morgan fingerprint density at radius 2 is 1.67 bits per heavy atom. The highest BCUT2D eigenvalue weighted by molar-refractivity contribution is 5.54. The topological polar surface area (TPSA) is 73.9 Å². The Balaban J connectivity index is 3.21. The van der Waals surface area contributed by atoms with E-state index < -0.39 is 0 Å². The van der Waals surface area contributed by atoms with Crippen LogP contribution in [0.3, 0.4) is 0 Å². The van der Waals surface area contributed by atoms with Crippen molar-refractivity contribution in [1.82, 2.24) is 0 Å². The molecule has 0 aliphatic heterocycles. The zero-order chi connectivity index (χ0) is 13.5. The van der Waals surface area contributed by atoms with Crippen molar-refractivity contribution in [2.45, 2.75) is 12.3 Å². The first kappa shape index (κ1) is 14.6. The molecule has 0 aliphatic carbocycles.